The number of fused-ring (bicyclic) bond motifs is 1. The summed E-state index contributed by atoms with van der Waals surface area (Å²) in [6, 6.07) is 5.12. The van der Waals surface area contributed by atoms with Crippen LogP contribution in [0.3, 0.4) is 0 Å². The molecule has 0 aliphatic carbocycles. The van der Waals surface area contributed by atoms with Crippen molar-refractivity contribution < 1.29 is 19.1 Å². The molecule has 3 saturated heterocycles. The molecule has 0 radical (unpaired) electrons. The van der Waals surface area contributed by atoms with Crippen molar-refractivity contribution in [3.63, 3.8) is 0 Å². The van der Waals surface area contributed by atoms with Gasteiger partial charge in [-0.25, -0.2) is 0 Å². The van der Waals surface area contributed by atoms with Crippen molar-refractivity contribution in [2.24, 2.45) is 22.5 Å². The smallest absolute Gasteiger partial charge is 0.249 e. The summed E-state index contributed by atoms with van der Waals surface area (Å²) in [5, 5.41) is 0. The number of hydrogen-bond donors (Lipinski definition) is 1. The van der Waals surface area contributed by atoms with Crippen molar-refractivity contribution in [3.8, 4) is 0 Å². The summed E-state index contributed by atoms with van der Waals surface area (Å²) in [5.74, 6) is -1.24. The molecule has 3 aliphatic heterocycles. The maximum atomic E-state index is 14.4. The fourth-order valence-corrected chi connectivity index (χ4v) is 6.12. The van der Waals surface area contributed by atoms with Crippen LogP contribution in [0.5, 0.6) is 0 Å². The van der Waals surface area contributed by atoms with Crippen LogP contribution < -0.4 is 10.6 Å². The van der Waals surface area contributed by atoms with Crippen molar-refractivity contribution >= 4 is 23.3 Å². The molecule has 3 aliphatic rings. The highest BCUT2D eigenvalue weighted by atomic mass is 16.5. The SMILES string of the molecule is CN1CCN(c2ccc(C(N)=O)c([C@H](CC(C)(C)C)C(=O)N3C[C@H](C(C)(C)C)[C@H]4OCC(=O)[C@H]43)c2)CC1. The van der Waals surface area contributed by atoms with Gasteiger partial charge in [0.05, 0.1) is 12.0 Å². The van der Waals surface area contributed by atoms with Gasteiger partial charge in [0.15, 0.2) is 5.78 Å². The van der Waals surface area contributed by atoms with E-state index in [2.05, 4.69) is 58.4 Å². The second-order valence-electron chi connectivity index (χ2n) is 13.4. The summed E-state index contributed by atoms with van der Waals surface area (Å²) in [5.41, 5.74) is 7.55. The lowest BCUT2D eigenvalue weighted by molar-refractivity contribution is -0.138. The molecule has 1 aromatic carbocycles. The van der Waals surface area contributed by atoms with E-state index in [0.29, 0.717) is 24.1 Å². The number of amides is 2. The standard InChI is InChI=1S/C29H44N4O4/c1-28(2,3)15-21(27(36)33-16-22(29(4,5)6)25-24(33)23(34)17-37-25)20-14-18(8-9-19(20)26(30)35)32-12-10-31(7)11-13-32/h8-9,14,21-22,24-25H,10-13,15-17H2,1-7H3,(H2,30,35)/t21-,22-,24+,25+/m0/s1. The minimum atomic E-state index is -0.595. The second-order valence-corrected chi connectivity index (χ2v) is 13.4. The number of rotatable bonds is 5. The molecule has 2 amide bonds. The monoisotopic (exact) mass is 512 g/mol. The van der Waals surface area contributed by atoms with E-state index < -0.39 is 17.9 Å². The quantitative estimate of drug-likeness (QED) is 0.652. The lowest BCUT2D eigenvalue weighted by atomic mass is 9.78. The van der Waals surface area contributed by atoms with Crippen LogP contribution in [0.15, 0.2) is 18.2 Å². The number of anilines is 1. The second kappa shape index (κ2) is 10.0. The Labute approximate surface area is 221 Å². The molecule has 0 saturated carbocycles. The van der Waals surface area contributed by atoms with Gasteiger partial charge in [0.2, 0.25) is 11.8 Å². The van der Waals surface area contributed by atoms with Crippen molar-refractivity contribution in [1.29, 1.82) is 0 Å². The van der Waals surface area contributed by atoms with Crippen LogP contribution in [0.1, 0.15) is 69.8 Å². The Kier molecular flexibility index (Phi) is 7.47. The minimum Gasteiger partial charge on any atom is -0.369 e. The van der Waals surface area contributed by atoms with Gasteiger partial charge >= 0.3 is 0 Å². The van der Waals surface area contributed by atoms with Gasteiger partial charge in [0.25, 0.3) is 0 Å². The van der Waals surface area contributed by atoms with E-state index in [-0.39, 0.29) is 41.1 Å². The Morgan fingerprint density at radius 2 is 1.73 bits per heavy atom. The van der Waals surface area contributed by atoms with Gasteiger partial charge in [0.1, 0.15) is 12.6 Å². The molecule has 0 unspecified atom stereocenters. The van der Waals surface area contributed by atoms with Crippen molar-refractivity contribution in [1.82, 2.24) is 9.80 Å². The van der Waals surface area contributed by atoms with Gasteiger partial charge in [-0.2, -0.15) is 0 Å². The number of ketones is 1. The molecule has 0 bridgehead atoms. The Balaban J connectivity index is 1.76. The molecule has 8 nitrogen and oxygen atoms in total. The zero-order chi connectivity index (χ0) is 27.3. The number of Topliss-reactive ketones (excluding diaryl/α,β-unsaturated/α-hetero) is 1. The highest BCUT2D eigenvalue weighted by Gasteiger charge is 2.56. The highest BCUT2D eigenvalue weighted by molar-refractivity contribution is 5.99. The number of ether oxygens (including phenoxy) is 1. The van der Waals surface area contributed by atoms with E-state index in [1.54, 1.807) is 11.0 Å². The first kappa shape index (κ1) is 27.6. The molecule has 37 heavy (non-hydrogen) atoms. The summed E-state index contributed by atoms with van der Waals surface area (Å²) in [6.45, 7) is 16.8. The summed E-state index contributed by atoms with van der Waals surface area (Å²) in [7, 11) is 2.11. The summed E-state index contributed by atoms with van der Waals surface area (Å²) >= 11 is 0. The molecule has 0 spiro atoms. The van der Waals surface area contributed by atoms with Gasteiger partial charge in [-0.1, -0.05) is 41.5 Å². The summed E-state index contributed by atoms with van der Waals surface area (Å²) in [6.07, 6.45) is 0.237. The first-order valence-corrected chi connectivity index (χ1v) is 13.5. The normalized spacial score (nSPS) is 25.9. The number of piperazine rings is 1. The van der Waals surface area contributed by atoms with Crippen LogP contribution in [0, 0.1) is 16.7 Å². The number of hydrogen-bond acceptors (Lipinski definition) is 6. The minimum absolute atomic E-state index is 0.0408. The highest BCUT2D eigenvalue weighted by Crippen LogP contribution is 2.44. The number of nitrogens with two attached hydrogens (primary N) is 1. The van der Waals surface area contributed by atoms with E-state index in [1.807, 2.05) is 12.1 Å². The van der Waals surface area contributed by atoms with E-state index in [0.717, 1.165) is 31.9 Å². The molecule has 4 rings (SSSR count). The Hall–Kier alpha value is -2.45. The number of likely N-dealkylation sites (N-methyl/N-ethyl adjacent to an activating group) is 1. The average Bonchev–Trinajstić information content (AvgIpc) is 3.37. The van der Waals surface area contributed by atoms with Gasteiger partial charge in [-0.3, -0.25) is 14.4 Å². The average molecular weight is 513 g/mol. The summed E-state index contributed by atoms with van der Waals surface area (Å²) in [4.78, 5) is 46.3. The van der Waals surface area contributed by atoms with E-state index in [1.165, 1.54) is 0 Å². The third-order valence-electron chi connectivity index (χ3n) is 8.24. The number of likely N-dealkylation sites (tertiary alicyclic amines) is 1. The predicted molar refractivity (Wildman–Crippen MR) is 145 cm³/mol. The van der Waals surface area contributed by atoms with Crippen LogP contribution in [-0.4, -0.2) is 85.9 Å². The number of carbonyl (C=O) groups is 3. The van der Waals surface area contributed by atoms with Crippen LogP contribution in [0.4, 0.5) is 5.69 Å². The van der Waals surface area contributed by atoms with E-state index in [9.17, 15) is 14.4 Å². The topological polar surface area (TPSA) is 96.2 Å². The van der Waals surface area contributed by atoms with Gasteiger partial charge in [-0.15, -0.1) is 0 Å². The maximum Gasteiger partial charge on any atom is 0.249 e. The largest absolute Gasteiger partial charge is 0.369 e. The van der Waals surface area contributed by atoms with Crippen molar-refractivity contribution in [2.75, 3.05) is 51.3 Å². The first-order chi connectivity index (χ1) is 17.2. The van der Waals surface area contributed by atoms with Crippen LogP contribution >= 0.6 is 0 Å². The zero-order valence-corrected chi connectivity index (χ0v) is 23.5. The fourth-order valence-electron chi connectivity index (χ4n) is 6.12. The molecule has 8 heteroatoms. The third-order valence-corrected chi connectivity index (χ3v) is 8.24. The molecule has 4 atom stereocenters. The summed E-state index contributed by atoms with van der Waals surface area (Å²) < 4.78 is 5.94. The van der Waals surface area contributed by atoms with Gasteiger partial charge < -0.3 is 25.2 Å². The molecule has 3 heterocycles. The molecule has 0 aromatic heterocycles. The fraction of sp³-hybridized carbons (Fsp3) is 0.690. The third kappa shape index (κ3) is 5.70. The zero-order valence-electron chi connectivity index (χ0n) is 23.5. The molecular weight excluding hydrogens is 468 g/mol. The molecular formula is C29H44N4O4. The predicted octanol–water partition coefficient (Wildman–Crippen LogP) is 2.90. The van der Waals surface area contributed by atoms with E-state index >= 15 is 0 Å². The first-order valence-electron chi connectivity index (χ1n) is 13.5. The Morgan fingerprint density at radius 1 is 1.08 bits per heavy atom. The van der Waals surface area contributed by atoms with Crippen molar-refractivity contribution in [2.45, 2.75) is 66.0 Å². The van der Waals surface area contributed by atoms with Crippen LogP contribution in [0.2, 0.25) is 0 Å². The lowest BCUT2D eigenvalue weighted by Crippen LogP contribution is -2.45. The number of carbonyl (C=O) groups excluding carboxylic acids is 3. The molecule has 3 fully saturated rings. The van der Waals surface area contributed by atoms with E-state index in [4.69, 9.17) is 10.5 Å². The molecule has 2 N–H and O–H groups in total. The lowest BCUT2D eigenvalue weighted by Gasteiger charge is -2.36. The Morgan fingerprint density at radius 3 is 2.30 bits per heavy atom. The van der Waals surface area contributed by atoms with Gasteiger partial charge in [0, 0.05) is 49.9 Å². The maximum absolute atomic E-state index is 14.4. The van der Waals surface area contributed by atoms with Gasteiger partial charge in [-0.05, 0) is 48.1 Å². The molecule has 1 aromatic rings. The number of benzene rings is 1. The van der Waals surface area contributed by atoms with Crippen LogP contribution in [-0.2, 0) is 14.3 Å². The number of nitrogens with zero attached hydrogens (tertiary/aromatic N) is 3. The number of primary amides is 1. The Bertz CT molecular complexity index is 1050. The van der Waals surface area contributed by atoms with Crippen LogP contribution in [0.25, 0.3) is 0 Å². The van der Waals surface area contributed by atoms with Crippen molar-refractivity contribution in [3.05, 3.63) is 29.3 Å². The molecule has 204 valence electrons.